The van der Waals surface area contributed by atoms with Gasteiger partial charge in [0.25, 0.3) is 0 Å². The van der Waals surface area contributed by atoms with E-state index in [4.69, 9.17) is 31.0 Å². The number of benzene rings is 1. The van der Waals surface area contributed by atoms with Gasteiger partial charge in [0.05, 0.1) is 32.7 Å². The fraction of sp³-hybridized carbons (Fsp3) is 0.824. The van der Waals surface area contributed by atoms with Crippen LogP contribution in [0.3, 0.4) is 0 Å². The van der Waals surface area contributed by atoms with Crippen LogP contribution in [-0.4, -0.2) is 120 Å². The van der Waals surface area contributed by atoms with Gasteiger partial charge >= 0.3 is 25.9 Å². The minimum Gasteiger partial charge on any atom is -0.395 e. The van der Waals surface area contributed by atoms with Crippen molar-refractivity contribution < 1.29 is 31.0 Å². The Morgan fingerprint density at radius 2 is 1.16 bits per heavy atom. The van der Waals surface area contributed by atoms with Crippen LogP contribution in [0, 0.1) is 0 Å². The van der Waals surface area contributed by atoms with E-state index in [0.29, 0.717) is 32.2 Å². The maximum Gasteiger partial charge on any atom is 0.507 e. The van der Waals surface area contributed by atoms with Crippen molar-refractivity contribution in [3.8, 4) is 0 Å². The van der Waals surface area contributed by atoms with Gasteiger partial charge in [-0.25, -0.2) is 0 Å². The second kappa shape index (κ2) is 24.5. The summed E-state index contributed by atoms with van der Waals surface area (Å²) in [5.74, 6) is 0.353. The van der Waals surface area contributed by atoms with Gasteiger partial charge in [0.1, 0.15) is 0 Å². The first-order chi connectivity index (χ1) is 23.3. The number of aryl methyl sites for hydroxylation is 1. The third-order valence-electron chi connectivity index (χ3n) is 9.56. The molecule has 2 N–H and O–H groups in total. The molecule has 1 aromatic carbocycles. The van der Waals surface area contributed by atoms with Crippen LogP contribution in [0.25, 0.3) is 0 Å². The quantitative estimate of drug-likeness (QED) is 0.0703. The highest BCUT2D eigenvalue weighted by atomic mass is 28.4. The van der Waals surface area contributed by atoms with E-state index < -0.39 is 53.0 Å². The van der Waals surface area contributed by atoms with Crippen LogP contribution in [0.15, 0.2) is 12.1 Å². The van der Waals surface area contributed by atoms with E-state index in [-0.39, 0.29) is 5.54 Å². The minimum absolute atomic E-state index is 0.0807. The summed E-state index contributed by atoms with van der Waals surface area (Å²) in [6.07, 6.45) is 3.18. The maximum absolute atomic E-state index is 6.11. The lowest BCUT2D eigenvalue weighted by atomic mass is 10.0. The number of hydrogen-bond acceptors (Lipinski definition) is 9. The molecule has 1 aromatic rings. The van der Waals surface area contributed by atoms with Crippen LogP contribution in [0.2, 0.25) is 57.4 Å². The van der Waals surface area contributed by atoms with E-state index in [9.17, 15) is 0 Å². The maximum atomic E-state index is 6.11. The molecule has 288 valence electrons. The molecule has 0 aliphatic heterocycles. The first-order valence-corrected chi connectivity index (χ1v) is 33.5. The van der Waals surface area contributed by atoms with Crippen LogP contribution >= 0.6 is 0 Å². The van der Waals surface area contributed by atoms with E-state index in [1.807, 2.05) is 0 Å². The summed E-state index contributed by atoms with van der Waals surface area (Å²) in [4.78, 5) is 0. The minimum atomic E-state index is -2.90. The zero-order valence-corrected chi connectivity index (χ0v) is 40.7. The highest BCUT2D eigenvalue weighted by Crippen LogP contribution is 2.31. The Hall–Kier alpha value is 0.161. The van der Waals surface area contributed by atoms with Crippen molar-refractivity contribution in [2.75, 3.05) is 60.8 Å². The summed E-state index contributed by atoms with van der Waals surface area (Å²) in [6.45, 7) is 29.6. The van der Waals surface area contributed by atoms with E-state index >= 15 is 0 Å². The molecular weight excluding hydrogens is 717 g/mol. The first-order valence-electron chi connectivity index (χ1n) is 19.1. The molecule has 0 saturated carbocycles. The largest absolute Gasteiger partial charge is 0.507 e. The normalized spacial score (nSPS) is 14.0. The van der Waals surface area contributed by atoms with E-state index in [0.717, 1.165) is 44.4 Å². The van der Waals surface area contributed by atoms with Gasteiger partial charge in [0, 0.05) is 53.5 Å². The predicted octanol–water partition coefficient (Wildman–Crippen LogP) is 4.26. The molecule has 0 saturated heterocycles. The summed E-state index contributed by atoms with van der Waals surface area (Å²) in [6, 6.07) is 8.10. The van der Waals surface area contributed by atoms with Gasteiger partial charge in [-0.05, 0) is 96.4 Å². The Kier molecular flexibility index (Phi) is 23.6. The standard InChI is InChI=1S/C34H76N2O7Si6/c1-15-40-47(13,41-16-2)27-19-24-35-34(36-25-20-28-48(14,42-17-3)43-18-4)44-26-23-30-21-22-31(45(9)10)33(46(11)12)32(30)29(5)49(37-6,38-7)39-8/h21-22,29,34-36,45-46H,15-20,23-28,44H2,1-14H3. The molecule has 9 nitrogen and oxygen atoms in total. The first kappa shape index (κ1) is 47.2. The van der Waals surface area contributed by atoms with E-state index in [1.165, 1.54) is 17.2 Å². The lowest BCUT2D eigenvalue weighted by Gasteiger charge is -2.34. The monoisotopic (exact) mass is 792 g/mol. The zero-order chi connectivity index (χ0) is 37.1. The Morgan fingerprint density at radius 3 is 1.53 bits per heavy atom. The molecule has 15 heteroatoms. The van der Waals surface area contributed by atoms with Crippen LogP contribution in [0.5, 0.6) is 0 Å². The average molecular weight is 794 g/mol. The molecule has 0 amide bonds. The smallest absolute Gasteiger partial charge is 0.395 e. The van der Waals surface area contributed by atoms with Crippen LogP contribution in [-0.2, 0) is 37.4 Å². The second-order valence-electron chi connectivity index (χ2n) is 13.9. The second-order valence-corrected chi connectivity index (χ2v) is 31.9. The molecule has 0 aliphatic carbocycles. The zero-order valence-electron chi connectivity index (χ0n) is 34.0. The van der Waals surface area contributed by atoms with Crippen molar-refractivity contribution in [3.63, 3.8) is 0 Å². The third kappa shape index (κ3) is 15.2. The molecule has 0 spiro atoms. The van der Waals surface area contributed by atoms with Crippen molar-refractivity contribution in [2.24, 2.45) is 0 Å². The molecule has 0 fully saturated rings. The third-order valence-corrected chi connectivity index (χ3v) is 24.5. The van der Waals surface area contributed by atoms with Gasteiger partial charge in [0.15, 0.2) is 0 Å². The van der Waals surface area contributed by atoms with E-state index in [2.05, 4.69) is 96.7 Å². The molecule has 49 heavy (non-hydrogen) atoms. The molecule has 0 heterocycles. The highest BCUT2D eigenvalue weighted by Gasteiger charge is 2.47. The van der Waals surface area contributed by atoms with Gasteiger partial charge in [-0.2, -0.15) is 0 Å². The number of nitrogens with one attached hydrogen (secondary N) is 2. The lowest BCUT2D eigenvalue weighted by molar-refractivity contribution is 0.114. The molecule has 0 bridgehead atoms. The van der Waals surface area contributed by atoms with Gasteiger partial charge < -0.3 is 41.6 Å². The fourth-order valence-corrected chi connectivity index (χ4v) is 21.4. The fourth-order valence-electron chi connectivity index (χ4n) is 7.27. The summed E-state index contributed by atoms with van der Waals surface area (Å²) < 4.78 is 42.7. The van der Waals surface area contributed by atoms with Gasteiger partial charge in [0.2, 0.25) is 0 Å². The van der Waals surface area contributed by atoms with Gasteiger partial charge in [-0.1, -0.05) is 61.7 Å². The van der Waals surface area contributed by atoms with Crippen molar-refractivity contribution in [1.29, 1.82) is 0 Å². The molecule has 1 atom stereocenters. The summed E-state index contributed by atoms with van der Waals surface area (Å²) >= 11 is 0. The molecule has 1 unspecified atom stereocenters. The number of rotatable bonds is 29. The van der Waals surface area contributed by atoms with Crippen LogP contribution < -0.4 is 21.0 Å². The van der Waals surface area contributed by atoms with Crippen molar-refractivity contribution in [3.05, 3.63) is 23.3 Å². The average Bonchev–Trinajstić information content (AvgIpc) is 3.05. The topological polar surface area (TPSA) is 88.7 Å². The van der Waals surface area contributed by atoms with Crippen LogP contribution in [0.1, 0.15) is 64.1 Å². The molecule has 0 aliphatic rings. The van der Waals surface area contributed by atoms with Crippen molar-refractivity contribution in [1.82, 2.24) is 10.6 Å². The lowest BCUT2D eigenvalue weighted by Crippen LogP contribution is -2.54. The molecule has 0 aromatic heterocycles. The SMILES string of the molecule is CCO[Si](C)(CCCNC(NCCC[Si](C)(OCC)OCC)[SiH2]CCc1ccc([SiH](C)C)c([SiH](C)C)c1C(C)[Si](OC)(OC)OC)OCC. The Labute approximate surface area is 310 Å². The molecular formula is C34H76N2O7Si6. The predicted molar refractivity (Wildman–Crippen MR) is 224 cm³/mol. The van der Waals surface area contributed by atoms with Crippen LogP contribution in [0.4, 0.5) is 0 Å². The Morgan fingerprint density at radius 1 is 0.714 bits per heavy atom. The van der Waals surface area contributed by atoms with Crippen molar-refractivity contribution >= 4 is 63.4 Å². The molecule has 1 rings (SSSR count). The van der Waals surface area contributed by atoms with E-state index in [1.54, 1.807) is 31.7 Å². The Bertz CT molecular complexity index is 989. The summed E-state index contributed by atoms with van der Waals surface area (Å²) in [5, 5.41) is 11.1. The highest BCUT2D eigenvalue weighted by molar-refractivity contribution is 6.82. The summed E-state index contributed by atoms with van der Waals surface area (Å²) in [5.41, 5.74) is 3.01. The molecule has 0 radical (unpaired) electrons. The van der Waals surface area contributed by atoms with Gasteiger partial charge in [-0.15, -0.1) is 0 Å². The Balaban J connectivity index is 3.23. The number of hydrogen-bond donors (Lipinski definition) is 2. The summed E-state index contributed by atoms with van der Waals surface area (Å²) in [7, 11) is -4.59. The van der Waals surface area contributed by atoms with Crippen molar-refractivity contribution in [2.45, 2.75) is 123 Å². The van der Waals surface area contributed by atoms with Gasteiger partial charge in [-0.3, -0.25) is 0 Å².